The van der Waals surface area contributed by atoms with Crippen LogP contribution in [0.4, 0.5) is 13.2 Å². The van der Waals surface area contributed by atoms with Crippen LogP contribution in [0.25, 0.3) is 5.69 Å². The van der Waals surface area contributed by atoms with Crippen molar-refractivity contribution in [2.45, 2.75) is 32.6 Å². The summed E-state index contributed by atoms with van der Waals surface area (Å²) in [5.41, 5.74) is 0.936. The Bertz CT molecular complexity index is 1040. The maximum absolute atomic E-state index is 12.8. The summed E-state index contributed by atoms with van der Waals surface area (Å²) in [5.74, 6) is -0.371. The molecule has 1 amide bonds. The molecule has 8 heteroatoms. The van der Waals surface area contributed by atoms with Crippen molar-refractivity contribution in [3.05, 3.63) is 81.6 Å². The van der Waals surface area contributed by atoms with E-state index in [2.05, 4.69) is 10.3 Å². The van der Waals surface area contributed by atoms with Crippen LogP contribution in [0.3, 0.4) is 0 Å². The molecule has 3 rings (SSSR count). The van der Waals surface area contributed by atoms with Gasteiger partial charge in [0.15, 0.2) is 4.80 Å². The van der Waals surface area contributed by atoms with Gasteiger partial charge in [-0.1, -0.05) is 41.7 Å². The number of halogens is 3. The monoisotopic (exact) mass is 419 g/mol. The summed E-state index contributed by atoms with van der Waals surface area (Å²) in [6, 6.07) is 14.9. The van der Waals surface area contributed by atoms with Crippen LogP contribution in [0.15, 0.2) is 65.8 Å². The van der Waals surface area contributed by atoms with Crippen molar-refractivity contribution in [1.29, 1.82) is 0 Å². The SMILES string of the molecule is CC(=O)N=c1sc(CNC(C)c2ccccc2)cn1-c1ccc(C(F)(F)F)cc1. The van der Waals surface area contributed by atoms with Crippen LogP contribution in [0.5, 0.6) is 0 Å². The van der Waals surface area contributed by atoms with Gasteiger partial charge in [-0.25, -0.2) is 0 Å². The van der Waals surface area contributed by atoms with Gasteiger partial charge in [0, 0.05) is 36.3 Å². The Hall–Kier alpha value is -2.71. The van der Waals surface area contributed by atoms with Crippen molar-refractivity contribution in [1.82, 2.24) is 9.88 Å². The van der Waals surface area contributed by atoms with Gasteiger partial charge in [-0.15, -0.1) is 0 Å². The zero-order valence-corrected chi connectivity index (χ0v) is 16.7. The molecule has 1 heterocycles. The van der Waals surface area contributed by atoms with E-state index in [0.29, 0.717) is 17.0 Å². The second-order valence-electron chi connectivity index (χ2n) is 6.54. The van der Waals surface area contributed by atoms with Crippen molar-refractivity contribution in [2.24, 2.45) is 4.99 Å². The summed E-state index contributed by atoms with van der Waals surface area (Å²) in [4.78, 5) is 16.8. The van der Waals surface area contributed by atoms with Crippen molar-refractivity contribution in [3.63, 3.8) is 0 Å². The van der Waals surface area contributed by atoms with E-state index in [1.54, 1.807) is 10.8 Å². The number of carbonyl (C=O) groups is 1. The summed E-state index contributed by atoms with van der Waals surface area (Å²) in [5, 5.41) is 3.41. The predicted octanol–water partition coefficient (Wildman–Crippen LogP) is 4.86. The molecule has 4 nitrogen and oxygen atoms in total. The first-order valence-corrected chi connectivity index (χ1v) is 9.78. The Morgan fingerprint density at radius 3 is 2.38 bits per heavy atom. The number of rotatable bonds is 5. The molecule has 0 bridgehead atoms. The van der Waals surface area contributed by atoms with E-state index in [-0.39, 0.29) is 11.9 Å². The van der Waals surface area contributed by atoms with Crippen LogP contribution in [0.1, 0.15) is 35.9 Å². The summed E-state index contributed by atoms with van der Waals surface area (Å²) in [6.07, 6.45) is -2.60. The van der Waals surface area contributed by atoms with Gasteiger partial charge < -0.3 is 5.32 Å². The van der Waals surface area contributed by atoms with Crippen LogP contribution in [0.2, 0.25) is 0 Å². The average molecular weight is 419 g/mol. The Balaban J connectivity index is 1.86. The van der Waals surface area contributed by atoms with Gasteiger partial charge >= 0.3 is 6.18 Å². The minimum absolute atomic E-state index is 0.117. The number of thiazole rings is 1. The second kappa shape index (κ2) is 8.75. The first-order chi connectivity index (χ1) is 13.7. The number of nitrogens with zero attached hydrogens (tertiary/aromatic N) is 2. The molecular weight excluding hydrogens is 399 g/mol. The van der Waals surface area contributed by atoms with E-state index in [0.717, 1.165) is 22.6 Å². The first kappa shape index (κ1) is 21.0. The molecule has 0 aliphatic rings. The molecule has 152 valence electrons. The van der Waals surface area contributed by atoms with Gasteiger partial charge in [-0.05, 0) is 36.8 Å². The van der Waals surface area contributed by atoms with E-state index in [4.69, 9.17) is 0 Å². The lowest BCUT2D eigenvalue weighted by atomic mass is 10.1. The van der Waals surface area contributed by atoms with Gasteiger partial charge in [0.2, 0.25) is 5.91 Å². The number of alkyl halides is 3. The van der Waals surface area contributed by atoms with Crippen LogP contribution < -0.4 is 10.1 Å². The molecule has 0 radical (unpaired) electrons. The number of benzene rings is 2. The lowest BCUT2D eigenvalue weighted by Crippen LogP contribution is -2.17. The molecule has 29 heavy (non-hydrogen) atoms. The fourth-order valence-corrected chi connectivity index (χ4v) is 3.77. The molecule has 0 spiro atoms. The highest BCUT2D eigenvalue weighted by atomic mass is 32.1. The average Bonchev–Trinajstić information content (AvgIpc) is 3.08. The lowest BCUT2D eigenvalue weighted by Gasteiger charge is -2.13. The van der Waals surface area contributed by atoms with Gasteiger partial charge in [0.25, 0.3) is 0 Å². The third-order valence-electron chi connectivity index (χ3n) is 4.31. The highest BCUT2D eigenvalue weighted by molar-refractivity contribution is 7.09. The topological polar surface area (TPSA) is 46.4 Å². The van der Waals surface area contributed by atoms with E-state index in [1.807, 2.05) is 37.3 Å². The summed E-state index contributed by atoms with van der Waals surface area (Å²) >= 11 is 1.32. The first-order valence-electron chi connectivity index (χ1n) is 8.96. The zero-order chi connectivity index (χ0) is 21.0. The predicted molar refractivity (Wildman–Crippen MR) is 107 cm³/mol. The largest absolute Gasteiger partial charge is 0.416 e. The van der Waals surface area contributed by atoms with Crippen LogP contribution in [-0.2, 0) is 17.5 Å². The molecular formula is C21H20F3N3OS. The molecule has 0 aliphatic carbocycles. The number of hydrogen-bond donors (Lipinski definition) is 1. The minimum atomic E-state index is -4.40. The molecule has 0 saturated heterocycles. The summed E-state index contributed by atoms with van der Waals surface area (Å²) in [7, 11) is 0. The Labute approximate surface area is 170 Å². The van der Waals surface area contributed by atoms with Crippen molar-refractivity contribution < 1.29 is 18.0 Å². The maximum atomic E-state index is 12.8. The Morgan fingerprint density at radius 1 is 1.14 bits per heavy atom. The molecule has 1 atom stereocenters. The zero-order valence-electron chi connectivity index (χ0n) is 15.9. The number of amides is 1. The van der Waals surface area contributed by atoms with Crippen LogP contribution in [-0.4, -0.2) is 10.5 Å². The maximum Gasteiger partial charge on any atom is 0.416 e. The highest BCUT2D eigenvalue weighted by Gasteiger charge is 2.30. The van der Waals surface area contributed by atoms with Gasteiger partial charge in [0.1, 0.15) is 0 Å². The third-order valence-corrected chi connectivity index (χ3v) is 5.29. The van der Waals surface area contributed by atoms with E-state index in [9.17, 15) is 18.0 Å². The van der Waals surface area contributed by atoms with Gasteiger partial charge in [-0.2, -0.15) is 18.2 Å². The lowest BCUT2D eigenvalue weighted by molar-refractivity contribution is -0.137. The van der Waals surface area contributed by atoms with Crippen molar-refractivity contribution in [2.75, 3.05) is 0 Å². The Kier molecular flexibility index (Phi) is 6.34. The number of carbonyl (C=O) groups excluding carboxylic acids is 1. The number of hydrogen-bond acceptors (Lipinski definition) is 3. The number of nitrogens with one attached hydrogen (secondary N) is 1. The van der Waals surface area contributed by atoms with Gasteiger partial charge in [0.05, 0.1) is 5.56 Å². The van der Waals surface area contributed by atoms with E-state index >= 15 is 0 Å². The summed E-state index contributed by atoms with van der Waals surface area (Å²) < 4.78 is 40.1. The fraction of sp³-hybridized carbons (Fsp3) is 0.238. The van der Waals surface area contributed by atoms with Crippen molar-refractivity contribution in [3.8, 4) is 5.69 Å². The Morgan fingerprint density at radius 2 is 1.79 bits per heavy atom. The summed E-state index contributed by atoms with van der Waals surface area (Å²) in [6.45, 7) is 3.93. The quantitative estimate of drug-likeness (QED) is 0.642. The van der Waals surface area contributed by atoms with Crippen molar-refractivity contribution >= 4 is 17.2 Å². The van der Waals surface area contributed by atoms with E-state index in [1.165, 1.54) is 30.4 Å². The second-order valence-corrected chi connectivity index (χ2v) is 7.63. The van der Waals surface area contributed by atoms with E-state index < -0.39 is 11.7 Å². The molecule has 1 aromatic heterocycles. The number of aromatic nitrogens is 1. The van der Waals surface area contributed by atoms with Gasteiger partial charge in [-0.3, -0.25) is 9.36 Å². The standard InChI is InChI=1S/C21H20F3N3OS/c1-14(16-6-4-3-5-7-16)25-12-19-13-27(20(29-19)26-15(2)28)18-10-8-17(9-11-18)21(22,23)24/h3-11,13-14,25H,12H2,1-2H3. The molecule has 0 fully saturated rings. The molecule has 1 N–H and O–H groups in total. The highest BCUT2D eigenvalue weighted by Crippen LogP contribution is 2.29. The minimum Gasteiger partial charge on any atom is -0.305 e. The smallest absolute Gasteiger partial charge is 0.305 e. The normalized spacial score (nSPS) is 13.5. The molecule has 0 aliphatic heterocycles. The molecule has 3 aromatic rings. The molecule has 2 aromatic carbocycles. The fourth-order valence-electron chi connectivity index (χ4n) is 2.79. The van der Waals surface area contributed by atoms with Crippen LogP contribution in [0, 0.1) is 0 Å². The molecule has 1 unspecified atom stereocenters. The molecule has 0 saturated carbocycles. The third kappa shape index (κ3) is 5.42. The van der Waals surface area contributed by atoms with Crippen LogP contribution >= 0.6 is 11.3 Å².